The Balaban J connectivity index is 1.45. The van der Waals surface area contributed by atoms with Gasteiger partial charge in [0.1, 0.15) is 0 Å². The van der Waals surface area contributed by atoms with Crippen LogP contribution in [-0.4, -0.2) is 25.9 Å². The molecule has 0 N–H and O–H groups in total. The van der Waals surface area contributed by atoms with Crippen LogP contribution in [-0.2, 0) is 16.0 Å². The lowest BCUT2D eigenvalue weighted by Crippen LogP contribution is -2.12. The number of hydrogen-bond acceptors (Lipinski definition) is 6. The van der Waals surface area contributed by atoms with Gasteiger partial charge >= 0.3 is 5.97 Å². The quantitative estimate of drug-likeness (QED) is 0.424. The zero-order valence-electron chi connectivity index (χ0n) is 18.0. The lowest BCUT2D eigenvalue weighted by molar-refractivity contribution is -0.148. The summed E-state index contributed by atoms with van der Waals surface area (Å²) >= 11 is 0. The molecule has 2 aromatic heterocycles. The summed E-state index contributed by atoms with van der Waals surface area (Å²) in [5.41, 5.74) is 5.48. The maximum absolute atomic E-state index is 12.6. The van der Waals surface area contributed by atoms with Gasteiger partial charge in [0.2, 0.25) is 5.89 Å². The van der Waals surface area contributed by atoms with Crippen LogP contribution in [0.2, 0.25) is 0 Å². The first-order valence-electron chi connectivity index (χ1n) is 10.1. The summed E-state index contributed by atoms with van der Waals surface area (Å²) < 4.78 is 13.1. The van der Waals surface area contributed by atoms with Gasteiger partial charge in [-0.3, -0.25) is 4.79 Å². The van der Waals surface area contributed by atoms with E-state index in [0.29, 0.717) is 5.89 Å². The van der Waals surface area contributed by atoms with Gasteiger partial charge in [-0.2, -0.15) is 5.10 Å². The van der Waals surface area contributed by atoms with Crippen LogP contribution in [0.15, 0.2) is 59.0 Å². The van der Waals surface area contributed by atoms with Crippen LogP contribution in [0.1, 0.15) is 41.4 Å². The average molecular weight is 416 g/mol. The van der Waals surface area contributed by atoms with Crippen molar-refractivity contribution in [1.82, 2.24) is 20.0 Å². The van der Waals surface area contributed by atoms with Crippen LogP contribution < -0.4 is 0 Å². The van der Waals surface area contributed by atoms with E-state index in [1.165, 1.54) is 0 Å². The molecule has 0 spiro atoms. The zero-order valence-corrected chi connectivity index (χ0v) is 18.0. The monoisotopic (exact) mass is 416 g/mol. The fourth-order valence-electron chi connectivity index (χ4n) is 3.40. The van der Waals surface area contributed by atoms with Crippen molar-refractivity contribution in [2.24, 2.45) is 0 Å². The van der Waals surface area contributed by atoms with Crippen LogP contribution in [0.3, 0.4) is 0 Å². The molecule has 0 bridgehead atoms. The second-order valence-electron chi connectivity index (χ2n) is 7.52. The Kier molecular flexibility index (Phi) is 5.66. The van der Waals surface area contributed by atoms with Gasteiger partial charge in [-0.15, -0.1) is 10.2 Å². The summed E-state index contributed by atoms with van der Waals surface area (Å²) in [5.74, 6) is 0.285. The van der Waals surface area contributed by atoms with E-state index in [0.717, 1.165) is 33.8 Å². The molecule has 0 saturated heterocycles. The third-order valence-corrected chi connectivity index (χ3v) is 5.16. The summed E-state index contributed by atoms with van der Waals surface area (Å²) in [7, 11) is 0. The molecule has 2 aromatic carbocycles. The summed E-state index contributed by atoms with van der Waals surface area (Å²) in [6, 6.07) is 17.6. The minimum atomic E-state index is -0.649. The van der Waals surface area contributed by atoms with Gasteiger partial charge in [0.25, 0.3) is 5.89 Å². The predicted molar refractivity (Wildman–Crippen MR) is 116 cm³/mol. The number of hydrogen-bond donors (Lipinski definition) is 0. The van der Waals surface area contributed by atoms with Crippen molar-refractivity contribution in [3.63, 3.8) is 0 Å². The van der Waals surface area contributed by atoms with Crippen LogP contribution in [0.4, 0.5) is 0 Å². The van der Waals surface area contributed by atoms with Crippen molar-refractivity contribution >= 4 is 5.97 Å². The van der Waals surface area contributed by atoms with E-state index in [1.807, 2.05) is 80.1 Å². The lowest BCUT2D eigenvalue weighted by Gasteiger charge is -2.10. The van der Waals surface area contributed by atoms with E-state index >= 15 is 0 Å². The van der Waals surface area contributed by atoms with Gasteiger partial charge in [-0.1, -0.05) is 35.9 Å². The van der Waals surface area contributed by atoms with E-state index in [2.05, 4.69) is 15.3 Å². The smallest absolute Gasteiger partial charge is 0.311 e. The number of benzene rings is 2. The van der Waals surface area contributed by atoms with Crippen molar-refractivity contribution in [3.05, 3.63) is 83.0 Å². The van der Waals surface area contributed by atoms with Gasteiger partial charge in [-0.25, -0.2) is 4.68 Å². The van der Waals surface area contributed by atoms with Crippen LogP contribution in [0, 0.1) is 20.8 Å². The molecule has 4 rings (SSSR count). The Labute approximate surface area is 180 Å². The summed E-state index contributed by atoms with van der Waals surface area (Å²) in [6.45, 7) is 7.57. The van der Waals surface area contributed by atoms with Crippen molar-refractivity contribution in [1.29, 1.82) is 0 Å². The fraction of sp³-hybridized carbons (Fsp3) is 0.250. The van der Waals surface area contributed by atoms with Gasteiger partial charge in [-0.05, 0) is 52.0 Å². The maximum Gasteiger partial charge on any atom is 0.311 e. The Bertz CT molecular complexity index is 1190. The molecular formula is C24H24N4O3. The van der Waals surface area contributed by atoms with E-state index in [9.17, 15) is 4.79 Å². The van der Waals surface area contributed by atoms with E-state index in [-0.39, 0.29) is 18.3 Å². The lowest BCUT2D eigenvalue weighted by atomic mass is 10.1. The van der Waals surface area contributed by atoms with Gasteiger partial charge in [0, 0.05) is 16.8 Å². The minimum absolute atomic E-state index is 0.119. The number of para-hydroxylation sites is 1. The second-order valence-corrected chi connectivity index (χ2v) is 7.52. The van der Waals surface area contributed by atoms with Crippen LogP contribution in [0.5, 0.6) is 0 Å². The van der Waals surface area contributed by atoms with Crippen LogP contribution in [0.25, 0.3) is 17.1 Å². The first-order chi connectivity index (χ1) is 14.9. The molecule has 0 aliphatic carbocycles. The number of carbonyl (C=O) groups excluding carboxylic acids is 1. The van der Waals surface area contributed by atoms with E-state index in [1.54, 1.807) is 6.92 Å². The highest BCUT2D eigenvalue weighted by molar-refractivity contribution is 5.73. The Morgan fingerprint density at radius 1 is 1.03 bits per heavy atom. The maximum atomic E-state index is 12.6. The first-order valence-corrected chi connectivity index (χ1v) is 10.1. The number of esters is 1. The average Bonchev–Trinajstić information content (AvgIpc) is 3.36. The number of ether oxygens (including phenoxy) is 1. The Hall–Kier alpha value is -3.74. The van der Waals surface area contributed by atoms with E-state index in [4.69, 9.17) is 9.15 Å². The number of nitrogens with zero attached hydrogens (tertiary/aromatic N) is 4. The molecular weight excluding hydrogens is 392 g/mol. The topological polar surface area (TPSA) is 83.0 Å². The minimum Gasteiger partial charge on any atom is -0.452 e. The molecule has 0 saturated carbocycles. The van der Waals surface area contributed by atoms with Crippen LogP contribution >= 0.6 is 0 Å². The predicted octanol–water partition coefficient (Wildman–Crippen LogP) is 4.69. The third-order valence-electron chi connectivity index (χ3n) is 5.16. The SMILES string of the molecule is Cc1ccc(-c2nnc([C@@H](C)OC(=O)Cc3c(C)nn(-c4ccccc4)c3C)o2)cc1. The number of carbonyl (C=O) groups is 1. The highest BCUT2D eigenvalue weighted by Crippen LogP contribution is 2.24. The Morgan fingerprint density at radius 3 is 2.45 bits per heavy atom. The molecule has 4 aromatic rings. The molecule has 7 heteroatoms. The normalized spacial score (nSPS) is 12.0. The molecule has 0 radical (unpaired) electrons. The number of rotatable bonds is 6. The van der Waals surface area contributed by atoms with Crippen molar-refractivity contribution in [2.75, 3.05) is 0 Å². The number of aryl methyl sites for hydroxylation is 2. The Morgan fingerprint density at radius 2 is 1.74 bits per heavy atom. The standard InChI is InChI=1S/C24H24N4O3/c1-15-10-12-19(13-11-15)24-26-25-23(31-24)18(4)30-22(29)14-21-16(2)27-28(17(21)3)20-8-6-5-7-9-20/h5-13,18H,14H2,1-4H3/t18-/m1/s1. The third kappa shape index (κ3) is 4.40. The zero-order chi connectivity index (χ0) is 22.0. The summed E-state index contributed by atoms with van der Waals surface area (Å²) in [6.07, 6.45) is -0.530. The largest absolute Gasteiger partial charge is 0.452 e. The molecule has 1 atom stereocenters. The highest BCUT2D eigenvalue weighted by atomic mass is 16.6. The second kappa shape index (κ2) is 8.55. The molecule has 2 heterocycles. The molecule has 0 fully saturated rings. The van der Waals surface area contributed by atoms with Gasteiger partial charge in [0.05, 0.1) is 17.8 Å². The van der Waals surface area contributed by atoms with E-state index < -0.39 is 6.10 Å². The molecule has 0 amide bonds. The highest BCUT2D eigenvalue weighted by Gasteiger charge is 2.22. The van der Waals surface area contributed by atoms with Crippen molar-refractivity contribution in [3.8, 4) is 17.1 Å². The first kappa shape index (κ1) is 20.5. The van der Waals surface area contributed by atoms with Gasteiger partial charge < -0.3 is 9.15 Å². The van der Waals surface area contributed by atoms with Crippen molar-refractivity contribution < 1.29 is 13.9 Å². The summed E-state index contributed by atoms with van der Waals surface area (Å²) in [4.78, 5) is 12.6. The molecule has 0 aliphatic rings. The van der Waals surface area contributed by atoms with Crippen molar-refractivity contribution in [2.45, 2.75) is 40.2 Å². The molecule has 31 heavy (non-hydrogen) atoms. The number of aromatic nitrogens is 4. The molecule has 158 valence electrons. The fourth-order valence-corrected chi connectivity index (χ4v) is 3.40. The molecule has 0 unspecified atom stereocenters. The van der Waals surface area contributed by atoms with Gasteiger partial charge in [0.15, 0.2) is 6.10 Å². The molecule has 7 nitrogen and oxygen atoms in total. The molecule has 0 aliphatic heterocycles. The summed E-state index contributed by atoms with van der Waals surface area (Å²) in [5, 5.41) is 12.7.